The molecule has 1 amide bonds. The highest BCUT2D eigenvalue weighted by Gasteiger charge is 2.20. The van der Waals surface area contributed by atoms with Crippen molar-refractivity contribution in [2.45, 2.75) is 0 Å². The molecule has 0 radical (unpaired) electrons. The summed E-state index contributed by atoms with van der Waals surface area (Å²) in [6, 6.07) is 6.67. The highest BCUT2D eigenvalue weighted by molar-refractivity contribution is 7.92. The molecule has 8 heteroatoms. The Hall–Kier alpha value is -1.64. The Balaban J connectivity index is 2.03. The second-order valence-corrected chi connectivity index (χ2v) is 6.40. The number of hydrogen-bond donors (Lipinski definition) is 1. The van der Waals surface area contributed by atoms with Crippen molar-refractivity contribution in [3.63, 3.8) is 0 Å². The molecule has 1 saturated heterocycles. The van der Waals surface area contributed by atoms with Gasteiger partial charge in [-0.25, -0.2) is 8.42 Å². The molecule has 0 spiro atoms. The van der Waals surface area contributed by atoms with Crippen LogP contribution >= 0.6 is 0 Å². The molecule has 7 nitrogen and oxygen atoms in total. The SMILES string of the molecule is COCCS(=O)(=O)Nc1ccc(N2CCOCC2=O)cc1. The van der Waals surface area contributed by atoms with Crippen LogP contribution in [-0.4, -0.2) is 53.6 Å². The van der Waals surface area contributed by atoms with E-state index in [-0.39, 0.29) is 24.9 Å². The molecule has 1 heterocycles. The maximum Gasteiger partial charge on any atom is 0.253 e. The lowest BCUT2D eigenvalue weighted by Crippen LogP contribution is -2.41. The molecule has 0 atom stereocenters. The van der Waals surface area contributed by atoms with Gasteiger partial charge in [-0.05, 0) is 24.3 Å². The predicted octanol–water partition coefficient (Wildman–Crippen LogP) is 0.438. The molecular formula is C13H18N2O5S. The minimum atomic E-state index is -3.42. The Kier molecular flexibility index (Phi) is 5.16. The predicted molar refractivity (Wildman–Crippen MR) is 78.9 cm³/mol. The Morgan fingerprint density at radius 2 is 2.05 bits per heavy atom. The van der Waals surface area contributed by atoms with Crippen LogP contribution in [0.2, 0.25) is 0 Å². The fourth-order valence-electron chi connectivity index (χ4n) is 1.92. The van der Waals surface area contributed by atoms with Gasteiger partial charge in [0.25, 0.3) is 5.91 Å². The molecule has 0 aromatic heterocycles. The number of rotatable bonds is 6. The van der Waals surface area contributed by atoms with Gasteiger partial charge in [-0.3, -0.25) is 9.52 Å². The number of amides is 1. The third kappa shape index (κ3) is 4.42. The van der Waals surface area contributed by atoms with Gasteiger partial charge >= 0.3 is 0 Å². The standard InChI is InChI=1S/C13H18N2O5S/c1-19-8-9-21(17,18)14-11-2-4-12(5-3-11)15-6-7-20-10-13(15)16/h2-5,14H,6-10H2,1H3. The lowest BCUT2D eigenvalue weighted by atomic mass is 10.2. The molecule has 2 rings (SSSR count). The zero-order valence-corrected chi connectivity index (χ0v) is 12.6. The molecule has 1 N–H and O–H groups in total. The number of anilines is 2. The van der Waals surface area contributed by atoms with E-state index in [9.17, 15) is 13.2 Å². The van der Waals surface area contributed by atoms with Gasteiger partial charge in [0.15, 0.2) is 0 Å². The Morgan fingerprint density at radius 3 is 2.67 bits per heavy atom. The molecule has 1 aromatic carbocycles. The molecule has 21 heavy (non-hydrogen) atoms. The van der Waals surface area contributed by atoms with Crippen LogP contribution in [-0.2, 0) is 24.3 Å². The van der Waals surface area contributed by atoms with E-state index in [2.05, 4.69) is 4.72 Å². The van der Waals surface area contributed by atoms with Crippen LogP contribution in [0.4, 0.5) is 11.4 Å². The minimum Gasteiger partial charge on any atom is -0.384 e. The number of carbonyl (C=O) groups excluding carboxylic acids is 1. The number of ether oxygens (including phenoxy) is 2. The van der Waals surface area contributed by atoms with E-state index in [0.29, 0.717) is 18.8 Å². The summed E-state index contributed by atoms with van der Waals surface area (Å²) in [7, 11) is -1.97. The van der Waals surface area contributed by atoms with Crippen molar-refractivity contribution < 1.29 is 22.7 Å². The maximum atomic E-state index is 11.7. The van der Waals surface area contributed by atoms with Gasteiger partial charge < -0.3 is 14.4 Å². The fourth-order valence-corrected chi connectivity index (χ4v) is 2.91. The summed E-state index contributed by atoms with van der Waals surface area (Å²) in [6.45, 7) is 1.20. The number of nitrogens with one attached hydrogen (secondary N) is 1. The highest BCUT2D eigenvalue weighted by Crippen LogP contribution is 2.20. The van der Waals surface area contributed by atoms with Crippen LogP contribution in [0, 0.1) is 0 Å². The van der Waals surface area contributed by atoms with E-state index in [1.807, 2.05) is 0 Å². The van der Waals surface area contributed by atoms with Crippen LogP contribution in [0.15, 0.2) is 24.3 Å². The van der Waals surface area contributed by atoms with Gasteiger partial charge in [0.05, 0.1) is 19.0 Å². The van der Waals surface area contributed by atoms with Crippen LogP contribution in [0.5, 0.6) is 0 Å². The Bertz CT molecular complexity index is 585. The summed E-state index contributed by atoms with van der Waals surface area (Å²) in [5.41, 5.74) is 1.18. The summed E-state index contributed by atoms with van der Waals surface area (Å²) >= 11 is 0. The number of carbonyl (C=O) groups is 1. The van der Waals surface area contributed by atoms with E-state index in [0.717, 1.165) is 5.69 Å². The molecule has 0 aliphatic carbocycles. The third-order valence-corrected chi connectivity index (χ3v) is 4.25. The normalized spacial score (nSPS) is 16.0. The molecule has 1 fully saturated rings. The quantitative estimate of drug-likeness (QED) is 0.823. The summed E-state index contributed by atoms with van der Waals surface area (Å²) in [4.78, 5) is 13.3. The maximum absolute atomic E-state index is 11.7. The van der Waals surface area contributed by atoms with Crippen LogP contribution in [0.1, 0.15) is 0 Å². The van der Waals surface area contributed by atoms with E-state index in [1.54, 1.807) is 29.2 Å². The molecular weight excluding hydrogens is 296 g/mol. The van der Waals surface area contributed by atoms with Crippen molar-refractivity contribution in [3.05, 3.63) is 24.3 Å². The smallest absolute Gasteiger partial charge is 0.253 e. The molecule has 0 unspecified atom stereocenters. The number of sulfonamides is 1. The molecule has 1 aliphatic heterocycles. The monoisotopic (exact) mass is 314 g/mol. The van der Waals surface area contributed by atoms with E-state index in [1.165, 1.54) is 7.11 Å². The number of methoxy groups -OCH3 is 1. The van der Waals surface area contributed by atoms with Gasteiger partial charge in [0.1, 0.15) is 6.61 Å². The second-order valence-electron chi connectivity index (χ2n) is 4.56. The first kappa shape index (κ1) is 15.7. The number of hydrogen-bond acceptors (Lipinski definition) is 5. The largest absolute Gasteiger partial charge is 0.384 e. The Labute approximate surface area is 123 Å². The molecule has 116 valence electrons. The van der Waals surface area contributed by atoms with E-state index < -0.39 is 10.0 Å². The minimum absolute atomic E-state index is 0.0748. The molecule has 1 aliphatic rings. The first-order valence-corrected chi connectivity index (χ1v) is 8.15. The van der Waals surface area contributed by atoms with Crippen LogP contribution in [0.3, 0.4) is 0 Å². The zero-order valence-electron chi connectivity index (χ0n) is 11.7. The third-order valence-electron chi connectivity index (χ3n) is 2.99. The topological polar surface area (TPSA) is 84.9 Å². The van der Waals surface area contributed by atoms with Gasteiger partial charge in [-0.2, -0.15) is 0 Å². The van der Waals surface area contributed by atoms with Crippen LogP contribution in [0.25, 0.3) is 0 Å². The number of nitrogens with zero attached hydrogens (tertiary/aromatic N) is 1. The summed E-state index contributed by atoms with van der Waals surface area (Å²) < 4.78 is 35.7. The first-order chi connectivity index (χ1) is 10.0. The zero-order chi connectivity index (χ0) is 15.3. The lowest BCUT2D eigenvalue weighted by Gasteiger charge is -2.26. The molecule has 0 saturated carbocycles. The summed E-state index contributed by atoms with van der Waals surface area (Å²) in [6.07, 6.45) is 0. The van der Waals surface area contributed by atoms with Gasteiger partial charge in [0, 0.05) is 25.0 Å². The van der Waals surface area contributed by atoms with Crippen molar-refractivity contribution in [1.82, 2.24) is 0 Å². The number of morpholine rings is 1. The summed E-state index contributed by atoms with van der Waals surface area (Å²) in [5.74, 6) is -0.206. The van der Waals surface area contributed by atoms with Crippen molar-refractivity contribution in [3.8, 4) is 0 Å². The van der Waals surface area contributed by atoms with Gasteiger partial charge in [-0.1, -0.05) is 0 Å². The fraction of sp³-hybridized carbons (Fsp3) is 0.462. The Morgan fingerprint density at radius 1 is 1.33 bits per heavy atom. The van der Waals surface area contributed by atoms with E-state index >= 15 is 0 Å². The average Bonchev–Trinajstić information content (AvgIpc) is 2.46. The first-order valence-electron chi connectivity index (χ1n) is 6.49. The van der Waals surface area contributed by atoms with Crippen molar-refractivity contribution in [1.29, 1.82) is 0 Å². The molecule has 0 bridgehead atoms. The van der Waals surface area contributed by atoms with Crippen molar-refractivity contribution in [2.75, 3.05) is 48.9 Å². The van der Waals surface area contributed by atoms with Gasteiger partial charge in [-0.15, -0.1) is 0 Å². The second kappa shape index (κ2) is 6.88. The van der Waals surface area contributed by atoms with E-state index in [4.69, 9.17) is 9.47 Å². The van der Waals surface area contributed by atoms with Crippen molar-refractivity contribution in [2.24, 2.45) is 0 Å². The highest BCUT2D eigenvalue weighted by atomic mass is 32.2. The number of benzene rings is 1. The molecule has 1 aromatic rings. The average molecular weight is 314 g/mol. The lowest BCUT2D eigenvalue weighted by molar-refractivity contribution is -0.125. The van der Waals surface area contributed by atoms with Gasteiger partial charge in [0.2, 0.25) is 10.0 Å². The van der Waals surface area contributed by atoms with Crippen molar-refractivity contribution >= 4 is 27.3 Å². The van der Waals surface area contributed by atoms with Crippen LogP contribution < -0.4 is 9.62 Å². The summed E-state index contributed by atoms with van der Waals surface area (Å²) in [5, 5.41) is 0.